The fourth-order valence-corrected chi connectivity index (χ4v) is 2.78. The average molecular weight is 394 g/mol. The summed E-state index contributed by atoms with van der Waals surface area (Å²) in [7, 11) is 0. The Labute approximate surface area is 149 Å². The normalized spacial score (nSPS) is 15.2. The zero-order valence-electron chi connectivity index (χ0n) is 13.3. The molecule has 0 bridgehead atoms. The molecule has 128 valence electrons. The van der Waals surface area contributed by atoms with Crippen LogP contribution in [-0.2, 0) is 14.4 Å². The molecule has 0 saturated carbocycles. The van der Waals surface area contributed by atoms with E-state index in [1.165, 1.54) is 11.0 Å². The predicted octanol–water partition coefficient (Wildman–Crippen LogP) is 2.01. The summed E-state index contributed by atoms with van der Waals surface area (Å²) in [6.45, 7) is 0.551. The molecule has 0 radical (unpaired) electrons. The van der Waals surface area contributed by atoms with Gasteiger partial charge in [-0.3, -0.25) is 25.2 Å². The van der Waals surface area contributed by atoms with Crippen molar-refractivity contribution >= 4 is 39.7 Å². The summed E-state index contributed by atoms with van der Waals surface area (Å²) in [5.74, 6) is -0.864. The van der Waals surface area contributed by atoms with Gasteiger partial charge in [0.25, 0.3) is 11.8 Å². The number of carbonyl (C=O) groups is 3. The number of carbonyl (C=O) groups excluding carboxylic acids is 3. The molecule has 1 aromatic carbocycles. The molecule has 1 saturated heterocycles. The van der Waals surface area contributed by atoms with Gasteiger partial charge in [-0.05, 0) is 30.5 Å². The van der Waals surface area contributed by atoms with Gasteiger partial charge in [-0.15, -0.1) is 0 Å². The van der Waals surface area contributed by atoms with Crippen LogP contribution < -0.4 is 10.9 Å². The van der Waals surface area contributed by atoms with Gasteiger partial charge >= 0.3 is 0 Å². The standard InChI is InChI=1S/C17H20BrN3O3/c18-14-7-4-3-6-13(14)9-10-15(22)19-20-16(23)12-21-11-5-1-2-8-17(21)24/h3-4,6-7,9-10H,1-2,5,8,11-12H2,(H,19,22)(H,20,23)/b10-9+. The van der Waals surface area contributed by atoms with E-state index in [9.17, 15) is 14.4 Å². The van der Waals surface area contributed by atoms with Crippen molar-refractivity contribution < 1.29 is 14.4 Å². The largest absolute Gasteiger partial charge is 0.333 e. The smallest absolute Gasteiger partial charge is 0.262 e. The Morgan fingerprint density at radius 3 is 2.75 bits per heavy atom. The lowest BCUT2D eigenvalue weighted by molar-refractivity contribution is -0.136. The van der Waals surface area contributed by atoms with Crippen LogP contribution in [0.25, 0.3) is 6.08 Å². The number of hydrogen-bond acceptors (Lipinski definition) is 3. The third kappa shape index (κ3) is 5.81. The molecular weight excluding hydrogens is 374 g/mol. The van der Waals surface area contributed by atoms with Crippen molar-refractivity contribution in [3.63, 3.8) is 0 Å². The van der Waals surface area contributed by atoms with Crippen molar-refractivity contribution in [2.45, 2.75) is 25.7 Å². The first-order valence-corrected chi connectivity index (χ1v) is 8.65. The van der Waals surface area contributed by atoms with Crippen LogP contribution in [0.4, 0.5) is 0 Å². The molecule has 1 fully saturated rings. The first-order chi connectivity index (χ1) is 11.6. The Balaban J connectivity index is 1.77. The lowest BCUT2D eigenvalue weighted by Gasteiger charge is -2.19. The van der Waals surface area contributed by atoms with E-state index in [2.05, 4.69) is 26.8 Å². The highest BCUT2D eigenvalue weighted by atomic mass is 79.9. The van der Waals surface area contributed by atoms with Gasteiger partial charge in [-0.25, -0.2) is 0 Å². The molecule has 1 aliphatic rings. The molecule has 1 aromatic rings. The van der Waals surface area contributed by atoms with Crippen LogP contribution in [0.5, 0.6) is 0 Å². The predicted molar refractivity (Wildman–Crippen MR) is 94.5 cm³/mol. The van der Waals surface area contributed by atoms with E-state index >= 15 is 0 Å². The van der Waals surface area contributed by atoms with E-state index in [4.69, 9.17) is 0 Å². The van der Waals surface area contributed by atoms with Gasteiger partial charge in [0.2, 0.25) is 5.91 Å². The molecule has 7 heteroatoms. The molecule has 2 N–H and O–H groups in total. The monoisotopic (exact) mass is 393 g/mol. The fraction of sp³-hybridized carbons (Fsp3) is 0.353. The Morgan fingerprint density at radius 1 is 1.17 bits per heavy atom. The molecule has 0 atom stereocenters. The van der Waals surface area contributed by atoms with Crippen LogP contribution in [0.3, 0.4) is 0 Å². The fourth-order valence-electron chi connectivity index (χ4n) is 2.37. The van der Waals surface area contributed by atoms with Crippen LogP contribution in [0.1, 0.15) is 31.2 Å². The van der Waals surface area contributed by atoms with Gasteiger partial charge < -0.3 is 4.90 Å². The minimum atomic E-state index is -0.443. The molecule has 0 unspecified atom stereocenters. The zero-order chi connectivity index (χ0) is 17.4. The summed E-state index contributed by atoms with van der Waals surface area (Å²) in [5.41, 5.74) is 5.50. The number of amides is 3. The molecule has 0 aliphatic carbocycles. The number of benzene rings is 1. The van der Waals surface area contributed by atoms with Gasteiger partial charge in [0.05, 0.1) is 0 Å². The third-order valence-corrected chi connectivity index (χ3v) is 4.37. The molecule has 3 amide bonds. The SMILES string of the molecule is O=C(/C=C/c1ccccc1Br)NNC(=O)CN1CCCCCC1=O. The van der Waals surface area contributed by atoms with Gasteiger partial charge in [-0.2, -0.15) is 0 Å². The number of likely N-dealkylation sites (tertiary alicyclic amines) is 1. The maximum Gasteiger partial charge on any atom is 0.262 e. The lowest BCUT2D eigenvalue weighted by atomic mass is 10.2. The van der Waals surface area contributed by atoms with Crippen molar-refractivity contribution in [3.05, 3.63) is 40.4 Å². The number of hydrogen-bond donors (Lipinski definition) is 2. The highest BCUT2D eigenvalue weighted by Crippen LogP contribution is 2.16. The van der Waals surface area contributed by atoms with Crippen LogP contribution in [0, 0.1) is 0 Å². The molecule has 24 heavy (non-hydrogen) atoms. The van der Waals surface area contributed by atoms with Crippen molar-refractivity contribution in [3.8, 4) is 0 Å². The molecule has 1 heterocycles. The minimum Gasteiger partial charge on any atom is -0.333 e. The van der Waals surface area contributed by atoms with Gasteiger partial charge in [0, 0.05) is 23.5 Å². The lowest BCUT2D eigenvalue weighted by Crippen LogP contribution is -2.47. The molecular formula is C17H20BrN3O3. The summed E-state index contributed by atoms with van der Waals surface area (Å²) in [5, 5.41) is 0. The number of nitrogens with one attached hydrogen (secondary N) is 2. The highest BCUT2D eigenvalue weighted by molar-refractivity contribution is 9.10. The summed E-state index contributed by atoms with van der Waals surface area (Å²) < 4.78 is 0.873. The van der Waals surface area contributed by atoms with Gasteiger partial charge in [-0.1, -0.05) is 40.5 Å². The summed E-state index contributed by atoms with van der Waals surface area (Å²) in [6.07, 6.45) is 6.23. The Hall–Kier alpha value is -2.15. The second-order valence-corrected chi connectivity index (χ2v) is 6.37. The van der Waals surface area contributed by atoms with E-state index in [0.717, 1.165) is 29.3 Å². The topological polar surface area (TPSA) is 78.5 Å². The van der Waals surface area contributed by atoms with E-state index in [1.54, 1.807) is 6.08 Å². The number of rotatable bonds is 4. The van der Waals surface area contributed by atoms with Crippen LogP contribution in [0.15, 0.2) is 34.8 Å². The first kappa shape index (κ1) is 18.2. The molecule has 0 spiro atoms. The Kier molecular flexibility index (Phi) is 6.99. The maximum atomic E-state index is 11.9. The van der Waals surface area contributed by atoms with Crippen molar-refractivity contribution in [1.82, 2.24) is 15.8 Å². The minimum absolute atomic E-state index is 0.0113. The first-order valence-electron chi connectivity index (χ1n) is 7.85. The second kappa shape index (κ2) is 9.22. The quantitative estimate of drug-likeness (QED) is 0.606. The summed E-state index contributed by atoms with van der Waals surface area (Å²) in [4.78, 5) is 36.9. The van der Waals surface area contributed by atoms with Gasteiger partial charge in [0.1, 0.15) is 6.54 Å². The van der Waals surface area contributed by atoms with Gasteiger partial charge in [0.15, 0.2) is 0 Å². The molecule has 2 rings (SSSR count). The number of nitrogens with zero attached hydrogens (tertiary/aromatic N) is 1. The maximum absolute atomic E-state index is 11.9. The van der Waals surface area contributed by atoms with Crippen LogP contribution >= 0.6 is 15.9 Å². The molecule has 0 aromatic heterocycles. The van der Waals surface area contributed by atoms with E-state index < -0.39 is 11.8 Å². The van der Waals surface area contributed by atoms with E-state index in [1.807, 2.05) is 24.3 Å². The van der Waals surface area contributed by atoms with Crippen molar-refractivity contribution in [2.24, 2.45) is 0 Å². The van der Waals surface area contributed by atoms with Crippen LogP contribution in [0.2, 0.25) is 0 Å². The summed E-state index contributed by atoms with van der Waals surface area (Å²) in [6, 6.07) is 7.48. The van der Waals surface area contributed by atoms with E-state index in [-0.39, 0.29) is 12.5 Å². The highest BCUT2D eigenvalue weighted by Gasteiger charge is 2.19. The van der Waals surface area contributed by atoms with Crippen molar-refractivity contribution in [1.29, 1.82) is 0 Å². The zero-order valence-corrected chi connectivity index (χ0v) is 14.8. The average Bonchev–Trinajstić information content (AvgIpc) is 2.77. The molecule has 6 nitrogen and oxygen atoms in total. The molecule has 1 aliphatic heterocycles. The number of hydrazine groups is 1. The second-order valence-electron chi connectivity index (χ2n) is 5.52. The summed E-state index contributed by atoms with van der Waals surface area (Å²) >= 11 is 3.39. The number of halogens is 1. The van der Waals surface area contributed by atoms with E-state index in [0.29, 0.717) is 13.0 Å². The third-order valence-electron chi connectivity index (χ3n) is 3.65. The van der Waals surface area contributed by atoms with Crippen molar-refractivity contribution in [2.75, 3.05) is 13.1 Å². The Bertz CT molecular complexity index is 646. The Morgan fingerprint density at radius 2 is 1.96 bits per heavy atom. The van der Waals surface area contributed by atoms with Crippen LogP contribution in [-0.4, -0.2) is 35.7 Å².